The van der Waals surface area contributed by atoms with E-state index >= 15 is 0 Å². The van der Waals surface area contributed by atoms with E-state index in [4.69, 9.17) is 16.3 Å². The van der Waals surface area contributed by atoms with Gasteiger partial charge >= 0.3 is 0 Å². The molecule has 0 aromatic heterocycles. The van der Waals surface area contributed by atoms with Crippen molar-refractivity contribution >= 4 is 35.0 Å². The lowest BCUT2D eigenvalue weighted by Crippen LogP contribution is -2.38. The molecule has 0 bridgehead atoms. The van der Waals surface area contributed by atoms with Gasteiger partial charge in [-0.05, 0) is 30.3 Å². The molecule has 22 heavy (non-hydrogen) atoms. The fourth-order valence-corrected chi connectivity index (χ4v) is 3.37. The topological polar surface area (TPSA) is 29.5 Å². The van der Waals surface area contributed by atoms with Crippen LogP contribution in [0.3, 0.4) is 0 Å². The molecule has 0 aliphatic carbocycles. The lowest BCUT2D eigenvalue weighted by molar-refractivity contribution is -0.120. The van der Waals surface area contributed by atoms with Gasteiger partial charge in [0.1, 0.15) is 0 Å². The van der Waals surface area contributed by atoms with Crippen LogP contribution >= 0.6 is 23.4 Å². The molecule has 2 aromatic rings. The minimum absolute atomic E-state index is 0.0774. The van der Waals surface area contributed by atoms with Gasteiger partial charge in [0.15, 0.2) is 18.2 Å². The van der Waals surface area contributed by atoms with Gasteiger partial charge in [0.2, 0.25) is 0 Å². The van der Waals surface area contributed by atoms with Gasteiger partial charge in [-0.15, -0.1) is 11.8 Å². The number of ether oxygens (including phenoxy) is 1. The van der Waals surface area contributed by atoms with Crippen LogP contribution in [-0.4, -0.2) is 24.8 Å². The summed E-state index contributed by atoms with van der Waals surface area (Å²) >= 11 is 7.69. The highest BCUT2D eigenvalue weighted by Crippen LogP contribution is 2.36. The standard InChI is InChI=1S/C16H13ClFNO2S/c17-11-5-6-15-13(9-11)19(7-8-22-15)16(20)10-21-14-4-2-1-3-12(14)18/h1-6,9H,7-8,10H2. The molecular weight excluding hydrogens is 325 g/mol. The Hall–Kier alpha value is -1.72. The predicted molar refractivity (Wildman–Crippen MR) is 86.4 cm³/mol. The first-order valence-electron chi connectivity index (χ1n) is 6.75. The summed E-state index contributed by atoms with van der Waals surface area (Å²) in [5, 5.41) is 0.578. The highest BCUT2D eigenvalue weighted by molar-refractivity contribution is 7.99. The average molecular weight is 338 g/mol. The zero-order valence-electron chi connectivity index (χ0n) is 11.6. The first kappa shape index (κ1) is 15.2. The van der Waals surface area contributed by atoms with Crippen LogP contribution in [0.2, 0.25) is 5.02 Å². The minimum atomic E-state index is -0.479. The lowest BCUT2D eigenvalue weighted by atomic mass is 10.2. The number of nitrogens with zero attached hydrogens (tertiary/aromatic N) is 1. The molecule has 1 aliphatic heterocycles. The molecule has 1 amide bonds. The molecule has 114 valence electrons. The third-order valence-corrected chi connectivity index (χ3v) is 4.55. The van der Waals surface area contributed by atoms with Crippen LogP contribution in [0.4, 0.5) is 10.1 Å². The number of halogens is 2. The number of hydrogen-bond acceptors (Lipinski definition) is 3. The molecule has 1 heterocycles. The number of benzene rings is 2. The Morgan fingerprint density at radius 3 is 2.95 bits per heavy atom. The van der Waals surface area contributed by atoms with Crippen LogP contribution in [0.25, 0.3) is 0 Å². The molecule has 0 unspecified atom stereocenters. The molecule has 0 fully saturated rings. The average Bonchev–Trinajstić information content (AvgIpc) is 2.53. The van der Waals surface area contributed by atoms with E-state index in [2.05, 4.69) is 0 Å². The first-order chi connectivity index (χ1) is 10.6. The number of amides is 1. The zero-order chi connectivity index (χ0) is 15.5. The highest BCUT2D eigenvalue weighted by atomic mass is 35.5. The second-order valence-corrected chi connectivity index (χ2v) is 6.30. The van der Waals surface area contributed by atoms with Crippen molar-refractivity contribution in [2.24, 2.45) is 0 Å². The largest absolute Gasteiger partial charge is 0.481 e. The lowest BCUT2D eigenvalue weighted by Gasteiger charge is -2.29. The Labute approximate surface area is 137 Å². The molecule has 0 spiro atoms. The van der Waals surface area contributed by atoms with Crippen molar-refractivity contribution in [1.29, 1.82) is 0 Å². The molecule has 0 saturated carbocycles. The van der Waals surface area contributed by atoms with Crippen LogP contribution in [-0.2, 0) is 4.79 Å². The van der Waals surface area contributed by atoms with Gasteiger partial charge < -0.3 is 9.64 Å². The summed E-state index contributed by atoms with van der Waals surface area (Å²) in [5.74, 6) is 0.189. The molecule has 0 atom stereocenters. The number of anilines is 1. The summed E-state index contributed by atoms with van der Waals surface area (Å²) in [6, 6.07) is 11.5. The van der Waals surface area contributed by atoms with Gasteiger partial charge in [-0.2, -0.15) is 0 Å². The maximum absolute atomic E-state index is 13.5. The second-order valence-electron chi connectivity index (χ2n) is 4.72. The Morgan fingerprint density at radius 1 is 1.32 bits per heavy atom. The number of fused-ring (bicyclic) bond motifs is 1. The number of carbonyl (C=O) groups excluding carboxylic acids is 1. The zero-order valence-corrected chi connectivity index (χ0v) is 13.2. The van der Waals surface area contributed by atoms with Gasteiger partial charge in [-0.25, -0.2) is 4.39 Å². The summed E-state index contributed by atoms with van der Waals surface area (Å²) in [5.41, 5.74) is 0.783. The van der Waals surface area contributed by atoms with Crippen molar-refractivity contribution in [3.8, 4) is 5.75 Å². The molecule has 0 radical (unpaired) electrons. The van der Waals surface area contributed by atoms with E-state index < -0.39 is 5.82 Å². The van der Waals surface area contributed by atoms with Gasteiger partial charge in [0.25, 0.3) is 5.91 Å². The normalized spacial score (nSPS) is 13.6. The van der Waals surface area contributed by atoms with Crippen LogP contribution in [0.5, 0.6) is 5.75 Å². The van der Waals surface area contributed by atoms with Crippen molar-refractivity contribution in [2.75, 3.05) is 23.8 Å². The molecular formula is C16H13ClFNO2S. The third kappa shape index (κ3) is 3.20. The molecule has 3 rings (SSSR count). The number of thioether (sulfide) groups is 1. The first-order valence-corrected chi connectivity index (χ1v) is 8.11. The van der Waals surface area contributed by atoms with Crippen LogP contribution < -0.4 is 9.64 Å². The maximum atomic E-state index is 13.5. The Bertz CT molecular complexity index is 710. The minimum Gasteiger partial charge on any atom is -0.481 e. The molecule has 0 N–H and O–H groups in total. The summed E-state index contributed by atoms with van der Waals surface area (Å²) in [7, 11) is 0. The SMILES string of the molecule is O=C(COc1ccccc1F)N1CCSc2ccc(Cl)cc21. The van der Waals surface area contributed by atoms with E-state index in [-0.39, 0.29) is 18.3 Å². The number of carbonyl (C=O) groups is 1. The fourth-order valence-electron chi connectivity index (χ4n) is 2.23. The van der Waals surface area contributed by atoms with E-state index in [0.717, 1.165) is 16.3 Å². The van der Waals surface area contributed by atoms with Crippen molar-refractivity contribution in [2.45, 2.75) is 4.90 Å². The number of hydrogen-bond donors (Lipinski definition) is 0. The Kier molecular flexibility index (Phi) is 4.55. The Morgan fingerprint density at radius 2 is 2.14 bits per heavy atom. The molecule has 3 nitrogen and oxygen atoms in total. The number of para-hydroxylation sites is 1. The smallest absolute Gasteiger partial charge is 0.264 e. The van der Waals surface area contributed by atoms with Crippen molar-refractivity contribution in [1.82, 2.24) is 0 Å². The summed E-state index contributed by atoms with van der Waals surface area (Å²) < 4.78 is 18.8. The quantitative estimate of drug-likeness (QED) is 0.848. The van der Waals surface area contributed by atoms with E-state index in [1.165, 1.54) is 12.1 Å². The van der Waals surface area contributed by atoms with E-state index in [9.17, 15) is 9.18 Å². The molecule has 0 saturated heterocycles. The highest BCUT2D eigenvalue weighted by Gasteiger charge is 2.23. The summed E-state index contributed by atoms with van der Waals surface area (Å²) in [4.78, 5) is 15.0. The molecule has 6 heteroatoms. The summed E-state index contributed by atoms with van der Waals surface area (Å²) in [6.45, 7) is 0.370. The summed E-state index contributed by atoms with van der Waals surface area (Å²) in [6.07, 6.45) is 0. The van der Waals surface area contributed by atoms with Gasteiger partial charge in [0.05, 0.1) is 5.69 Å². The molecule has 1 aliphatic rings. The van der Waals surface area contributed by atoms with Gasteiger partial charge in [-0.1, -0.05) is 23.7 Å². The van der Waals surface area contributed by atoms with Crippen LogP contribution in [0, 0.1) is 5.82 Å². The van der Waals surface area contributed by atoms with Crippen molar-refractivity contribution < 1.29 is 13.9 Å². The van der Waals surface area contributed by atoms with E-state index in [1.807, 2.05) is 6.07 Å². The Balaban J connectivity index is 1.74. The second kappa shape index (κ2) is 6.58. The monoisotopic (exact) mass is 337 g/mol. The van der Waals surface area contributed by atoms with Gasteiger partial charge in [0, 0.05) is 22.2 Å². The number of rotatable bonds is 3. The van der Waals surface area contributed by atoms with E-state index in [0.29, 0.717) is 11.6 Å². The van der Waals surface area contributed by atoms with Crippen LogP contribution in [0.1, 0.15) is 0 Å². The van der Waals surface area contributed by atoms with Crippen molar-refractivity contribution in [3.05, 3.63) is 53.3 Å². The predicted octanol–water partition coefficient (Wildman–Crippen LogP) is 4.00. The van der Waals surface area contributed by atoms with E-state index in [1.54, 1.807) is 40.9 Å². The fraction of sp³-hybridized carbons (Fsp3) is 0.188. The van der Waals surface area contributed by atoms with Gasteiger partial charge in [-0.3, -0.25) is 4.79 Å². The third-order valence-electron chi connectivity index (χ3n) is 3.27. The molecule has 2 aromatic carbocycles. The van der Waals surface area contributed by atoms with Crippen molar-refractivity contribution in [3.63, 3.8) is 0 Å². The maximum Gasteiger partial charge on any atom is 0.264 e. The van der Waals surface area contributed by atoms with Crippen LogP contribution in [0.15, 0.2) is 47.4 Å².